The molecule has 0 saturated heterocycles. The van der Waals surface area contributed by atoms with Crippen molar-refractivity contribution in [3.63, 3.8) is 0 Å². The second-order valence-corrected chi connectivity index (χ2v) is 8.10. The van der Waals surface area contributed by atoms with Crippen LogP contribution >= 0.6 is 0 Å². The van der Waals surface area contributed by atoms with E-state index in [9.17, 15) is 4.79 Å². The number of unbranched alkanes of at least 4 members (excludes halogenated alkanes) is 4. The van der Waals surface area contributed by atoms with E-state index in [1.54, 1.807) is 7.11 Å². The van der Waals surface area contributed by atoms with Gasteiger partial charge >= 0.3 is 5.97 Å². The molecule has 2 aromatic rings. The number of likely N-dealkylation sites (N-methyl/N-ethyl adjacent to an activating group) is 1. The molecule has 1 unspecified atom stereocenters. The van der Waals surface area contributed by atoms with E-state index in [1.807, 2.05) is 37.4 Å². The Hall–Kier alpha value is -2.53. The molecule has 0 aliphatic heterocycles. The summed E-state index contributed by atoms with van der Waals surface area (Å²) >= 11 is 0. The summed E-state index contributed by atoms with van der Waals surface area (Å²) in [5.41, 5.74) is 2.40. The topological polar surface area (TPSA) is 56.8 Å². The second-order valence-electron chi connectivity index (χ2n) is 8.10. The largest absolute Gasteiger partial charge is 0.497 e. The lowest BCUT2D eigenvalue weighted by molar-refractivity contribution is -0.150. The van der Waals surface area contributed by atoms with Gasteiger partial charge in [0.1, 0.15) is 24.2 Å². The van der Waals surface area contributed by atoms with Gasteiger partial charge in [-0.05, 0) is 55.6 Å². The van der Waals surface area contributed by atoms with Crippen molar-refractivity contribution in [3.05, 3.63) is 59.7 Å². The van der Waals surface area contributed by atoms with E-state index in [0.717, 1.165) is 42.7 Å². The zero-order chi connectivity index (χ0) is 23.0. The zero-order valence-corrected chi connectivity index (χ0v) is 19.9. The molecule has 2 rings (SSSR count). The number of rotatable bonds is 16. The van der Waals surface area contributed by atoms with E-state index in [2.05, 4.69) is 30.4 Å². The number of nitrogens with one attached hydrogen (secondary N) is 1. The number of carbonyl (C=O) groups excluding carboxylic acids is 1. The molecule has 0 aromatic heterocycles. The van der Waals surface area contributed by atoms with Crippen LogP contribution in [0.15, 0.2) is 48.5 Å². The quantitative estimate of drug-likeness (QED) is 0.281. The summed E-state index contributed by atoms with van der Waals surface area (Å²) < 4.78 is 17.0. The molecular formula is C27H39NO4. The van der Waals surface area contributed by atoms with Crippen molar-refractivity contribution in [2.45, 2.75) is 64.4 Å². The maximum absolute atomic E-state index is 12.2. The zero-order valence-electron chi connectivity index (χ0n) is 19.9. The standard InChI is InChI=1S/C27H39NO4/c1-4-5-6-7-8-13-27(29)32-25(20-28-2)21-31-26-12-10-9-11-23(26)17-14-22-15-18-24(30-3)19-16-22/h9-12,15-16,18-19,25,28H,4-8,13-14,17,20-21H2,1-3H3. The third kappa shape index (κ3) is 9.73. The molecule has 32 heavy (non-hydrogen) atoms. The average Bonchev–Trinajstić information content (AvgIpc) is 2.82. The molecule has 0 aliphatic rings. The molecular weight excluding hydrogens is 402 g/mol. The minimum atomic E-state index is -0.308. The summed E-state index contributed by atoms with van der Waals surface area (Å²) in [6, 6.07) is 16.2. The lowest BCUT2D eigenvalue weighted by atomic mass is 10.0. The number of methoxy groups -OCH3 is 1. The Labute approximate surface area is 193 Å². The van der Waals surface area contributed by atoms with E-state index in [1.165, 1.54) is 24.8 Å². The fourth-order valence-corrected chi connectivity index (χ4v) is 3.59. The summed E-state index contributed by atoms with van der Waals surface area (Å²) in [5, 5.41) is 3.10. The van der Waals surface area contributed by atoms with Crippen molar-refractivity contribution < 1.29 is 19.0 Å². The van der Waals surface area contributed by atoms with Gasteiger partial charge < -0.3 is 19.5 Å². The maximum Gasteiger partial charge on any atom is 0.306 e. The van der Waals surface area contributed by atoms with E-state index in [0.29, 0.717) is 19.6 Å². The van der Waals surface area contributed by atoms with Gasteiger partial charge in [-0.15, -0.1) is 0 Å². The highest BCUT2D eigenvalue weighted by molar-refractivity contribution is 5.69. The Morgan fingerprint density at radius 3 is 2.44 bits per heavy atom. The van der Waals surface area contributed by atoms with Crippen LogP contribution in [0.4, 0.5) is 0 Å². The molecule has 0 aliphatic carbocycles. The van der Waals surface area contributed by atoms with Crippen LogP contribution in [-0.4, -0.2) is 39.4 Å². The van der Waals surface area contributed by atoms with E-state index in [-0.39, 0.29) is 12.1 Å². The average molecular weight is 442 g/mol. The first-order chi connectivity index (χ1) is 15.7. The Balaban J connectivity index is 1.84. The molecule has 0 bridgehead atoms. The number of para-hydroxylation sites is 1. The fourth-order valence-electron chi connectivity index (χ4n) is 3.59. The van der Waals surface area contributed by atoms with Gasteiger partial charge in [0.25, 0.3) is 0 Å². The number of esters is 1. The van der Waals surface area contributed by atoms with Crippen LogP contribution in [-0.2, 0) is 22.4 Å². The minimum absolute atomic E-state index is 0.141. The first-order valence-corrected chi connectivity index (χ1v) is 11.8. The van der Waals surface area contributed by atoms with Crippen molar-refractivity contribution >= 4 is 5.97 Å². The molecule has 0 saturated carbocycles. The van der Waals surface area contributed by atoms with Crippen molar-refractivity contribution in [3.8, 4) is 11.5 Å². The smallest absolute Gasteiger partial charge is 0.306 e. The van der Waals surface area contributed by atoms with Gasteiger partial charge in [0, 0.05) is 13.0 Å². The van der Waals surface area contributed by atoms with E-state index in [4.69, 9.17) is 14.2 Å². The van der Waals surface area contributed by atoms with Crippen LogP contribution in [0.3, 0.4) is 0 Å². The van der Waals surface area contributed by atoms with Crippen LogP contribution in [0, 0.1) is 0 Å². The van der Waals surface area contributed by atoms with Gasteiger partial charge in [0.05, 0.1) is 7.11 Å². The van der Waals surface area contributed by atoms with Crippen LogP contribution in [0.1, 0.15) is 56.6 Å². The number of ether oxygens (including phenoxy) is 3. The summed E-state index contributed by atoms with van der Waals surface area (Å²) in [6.07, 6.45) is 7.53. The number of aryl methyl sites for hydroxylation is 2. The Bertz CT molecular complexity index is 775. The summed E-state index contributed by atoms with van der Waals surface area (Å²) in [6.45, 7) is 3.09. The van der Waals surface area contributed by atoms with Crippen molar-refractivity contribution in [1.29, 1.82) is 0 Å². The SMILES string of the molecule is CCCCCCCC(=O)OC(CNC)COc1ccccc1CCc1ccc(OC)cc1. The highest BCUT2D eigenvalue weighted by atomic mass is 16.6. The molecule has 2 aromatic carbocycles. The molecule has 1 N–H and O–H groups in total. The number of hydrogen-bond acceptors (Lipinski definition) is 5. The molecule has 0 heterocycles. The van der Waals surface area contributed by atoms with Crippen molar-refractivity contribution in [2.75, 3.05) is 27.3 Å². The lowest BCUT2D eigenvalue weighted by Crippen LogP contribution is -2.34. The van der Waals surface area contributed by atoms with Crippen LogP contribution in [0.2, 0.25) is 0 Å². The van der Waals surface area contributed by atoms with Crippen LogP contribution in [0.25, 0.3) is 0 Å². The van der Waals surface area contributed by atoms with Crippen LogP contribution in [0.5, 0.6) is 11.5 Å². The van der Waals surface area contributed by atoms with Gasteiger partial charge in [-0.3, -0.25) is 4.79 Å². The predicted molar refractivity (Wildman–Crippen MR) is 130 cm³/mol. The van der Waals surface area contributed by atoms with Crippen molar-refractivity contribution in [2.24, 2.45) is 0 Å². The molecule has 0 amide bonds. The van der Waals surface area contributed by atoms with Gasteiger partial charge in [-0.25, -0.2) is 0 Å². The van der Waals surface area contributed by atoms with Gasteiger partial charge in [-0.2, -0.15) is 0 Å². The third-order valence-corrected chi connectivity index (χ3v) is 5.45. The van der Waals surface area contributed by atoms with Gasteiger partial charge in [0.15, 0.2) is 0 Å². The third-order valence-electron chi connectivity index (χ3n) is 5.45. The molecule has 0 fully saturated rings. The highest BCUT2D eigenvalue weighted by Crippen LogP contribution is 2.21. The normalized spacial score (nSPS) is 11.7. The molecule has 5 nitrogen and oxygen atoms in total. The highest BCUT2D eigenvalue weighted by Gasteiger charge is 2.15. The first-order valence-electron chi connectivity index (χ1n) is 11.8. The lowest BCUT2D eigenvalue weighted by Gasteiger charge is -2.19. The Kier molecular flexibility index (Phi) is 12.3. The number of benzene rings is 2. The summed E-state index contributed by atoms with van der Waals surface area (Å²) in [7, 11) is 3.53. The monoisotopic (exact) mass is 441 g/mol. The fraction of sp³-hybridized carbons (Fsp3) is 0.519. The van der Waals surface area contributed by atoms with Gasteiger partial charge in [-0.1, -0.05) is 62.9 Å². The van der Waals surface area contributed by atoms with E-state index < -0.39 is 0 Å². The second kappa shape index (κ2) is 15.3. The molecule has 176 valence electrons. The molecule has 5 heteroatoms. The molecule has 1 atom stereocenters. The Morgan fingerprint density at radius 2 is 1.72 bits per heavy atom. The molecule has 0 spiro atoms. The molecule has 0 radical (unpaired) electrons. The predicted octanol–water partition coefficient (Wildman–Crippen LogP) is 5.35. The van der Waals surface area contributed by atoms with Crippen molar-refractivity contribution in [1.82, 2.24) is 5.32 Å². The summed E-state index contributed by atoms with van der Waals surface area (Å²) in [5.74, 6) is 1.57. The van der Waals surface area contributed by atoms with E-state index >= 15 is 0 Å². The van der Waals surface area contributed by atoms with Gasteiger partial charge in [0.2, 0.25) is 0 Å². The maximum atomic E-state index is 12.2. The summed E-state index contributed by atoms with van der Waals surface area (Å²) in [4.78, 5) is 12.2. The first kappa shape index (κ1) is 25.7. The van der Waals surface area contributed by atoms with Crippen LogP contribution < -0.4 is 14.8 Å². The number of carbonyl (C=O) groups is 1. The number of hydrogen-bond donors (Lipinski definition) is 1. The minimum Gasteiger partial charge on any atom is -0.497 e. The Morgan fingerprint density at radius 1 is 0.969 bits per heavy atom.